The summed E-state index contributed by atoms with van der Waals surface area (Å²) in [6.45, 7) is 3.97. The van der Waals surface area contributed by atoms with Gasteiger partial charge in [0.1, 0.15) is 23.5 Å². The van der Waals surface area contributed by atoms with Crippen LogP contribution in [0.15, 0.2) is 71.6 Å². The number of rotatable bonds is 5. The zero-order valence-corrected chi connectivity index (χ0v) is 18.8. The average Bonchev–Trinajstić information content (AvgIpc) is 3.19. The number of fused-ring (bicyclic) bond motifs is 1. The van der Waals surface area contributed by atoms with Crippen LogP contribution in [0.25, 0.3) is 33.4 Å². The number of hydrogen-bond donors (Lipinski definition) is 2. The summed E-state index contributed by atoms with van der Waals surface area (Å²) >= 11 is 6.24. The number of benzene rings is 2. The number of halogens is 1. The first-order valence-electron chi connectivity index (χ1n) is 10.4. The Morgan fingerprint density at radius 3 is 2.61 bits per heavy atom. The minimum absolute atomic E-state index is 0.00704. The van der Waals surface area contributed by atoms with Crippen molar-refractivity contribution in [1.82, 2.24) is 19.9 Å². The number of nitrogens with one attached hydrogen (secondary N) is 1. The fraction of sp³-hybridized carbons (Fsp3) is 0.120. The van der Waals surface area contributed by atoms with Crippen molar-refractivity contribution in [1.29, 1.82) is 0 Å². The molecule has 0 saturated heterocycles. The Labute approximate surface area is 195 Å². The van der Waals surface area contributed by atoms with E-state index in [1.807, 2.05) is 43.3 Å². The van der Waals surface area contributed by atoms with Crippen molar-refractivity contribution in [3.05, 3.63) is 83.6 Å². The van der Waals surface area contributed by atoms with E-state index >= 15 is 0 Å². The fourth-order valence-corrected chi connectivity index (χ4v) is 3.92. The zero-order chi connectivity index (χ0) is 22.9. The van der Waals surface area contributed by atoms with Gasteiger partial charge >= 0.3 is 0 Å². The molecule has 0 saturated carbocycles. The Kier molecular flexibility index (Phi) is 5.40. The van der Waals surface area contributed by atoms with E-state index < -0.39 is 0 Å². The first-order chi connectivity index (χ1) is 16.0. The van der Waals surface area contributed by atoms with Crippen molar-refractivity contribution in [2.45, 2.75) is 19.9 Å². The lowest BCUT2D eigenvalue weighted by Crippen LogP contribution is -2.09. The maximum absolute atomic E-state index is 6.24. The van der Waals surface area contributed by atoms with Crippen LogP contribution in [-0.2, 0) is 0 Å². The van der Waals surface area contributed by atoms with Gasteiger partial charge in [-0.1, -0.05) is 29.8 Å². The molecule has 0 aliphatic carbocycles. The highest BCUT2D eigenvalue weighted by Gasteiger charge is 2.12. The molecule has 33 heavy (non-hydrogen) atoms. The minimum atomic E-state index is 0.00704. The summed E-state index contributed by atoms with van der Waals surface area (Å²) in [5.74, 6) is 1.67. The second-order valence-corrected chi connectivity index (χ2v) is 8.21. The number of furan rings is 1. The Balaban J connectivity index is 1.42. The summed E-state index contributed by atoms with van der Waals surface area (Å²) in [6.07, 6.45) is 4.99. The number of aryl methyl sites for hydroxylation is 1. The molecule has 0 bridgehead atoms. The smallest absolute Gasteiger partial charge is 0.219 e. The van der Waals surface area contributed by atoms with Gasteiger partial charge in [0.25, 0.3) is 0 Å². The van der Waals surface area contributed by atoms with E-state index in [0.29, 0.717) is 10.8 Å². The molecule has 2 aromatic carbocycles. The van der Waals surface area contributed by atoms with Gasteiger partial charge in [-0.15, -0.1) is 0 Å². The van der Waals surface area contributed by atoms with Crippen LogP contribution in [0, 0.1) is 6.92 Å². The van der Waals surface area contributed by atoms with E-state index in [0.717, 1.165) is 44.7 Å². The molecule has 1 atom stereocenters. The van der Waals surface area contributed by atoms with E-state index in [-0.39, 0.29) is 12.0 Å². The summed E-state index contributed by atoms with van der Waals surface area (Å²) in [4.78, 5) is 17.4. The number of nitrogens with zero attached hydrogens (tertiary/aromatic N) is 4. The van der Waals surface area contributed by atoms with Gasteiger partial charge in [0.2, 0.25) is 5.95 Å². The Bertz CT molecular complexity index is 1450. The van der Waals surface area contributed by atoms with Crippen LogP contribution in [0.4, 0.5) is 11.8 Å². The van der Waals surface area contributed by atoms with E-state index in [4.69, 9.17) is 21.8 Å². The first-order valence-corrected chi connectivity index (χ1v) is 10.8. The van der Waals surface area contributed by atoms with E-state index in [1.54, 1.807) is 18.7 Å². The third-order valence-corrected chi connectivity index (χ3v) is 5.71. The molecular formula is C25H21ClN6O. The monoisotopic (exact) mass is 456 g/mol. The van der Waals surface area contributed by atoms with Crippen LogP contribution in [0.5, 0.6) is 0 Å². The molecule has 5 rings (SSSR count). The molecule has 3 heterocycles. The molecule has 3 N–H and O–H groups in total. The number of nitrogens with two attached hydrogens (primary N) is 1. The van der Waals surface area contributed by atoms with Gasteiger partial charge < -0.3 is 15.5 Å². The zero-order valence-electron chi connectivity index (χ0n) is 18.1. The molecule has 0 amide bonds. The predicted octanol–water partition coefficient (Wildman–Crippen LogP) is 6.06. The largest absolute Gasteiger partial charge is 0.463 e. The average molecular weight is 457 g/mol. The predicted molar refractivity (Wildman–Crippen MR) is 131 cm³/mol. The molecule has 3 aromatic heterocycles. The van der Waals surface area contributed by atoms with Crippen LogP contribution < -0.4 is 11.1 Å². The molecule has 5 aromatic rings. The molecule has 0 spiro atoms. The van der Waals surface area contributed by atoms with Gasteiger partial charge in [-0.05, 0) is 49.2 Å². The number of nitrogen functional groups attached to an aromatic ring is 1. The summed E-state index contributed by atoms with van der Waals surface area (Å²) < 4.78 is 5.44. The van der Waals surface area contributed by atoms with Gasteiger partial charge in [-0.2, -0.15) is 0 Å². The second kappa shape index (κ2) is 8.52. The third-order valence-electron chi connectivity index (χ3n) is 5.42. The second-order valence-electron chi connectivity index (χ2n) is 7.80. The van der Waals surface area contributed by atoms with Crippen molar-refractivity contribution in [2.75, 3.05) is 11.1 Å². The van der Waals surface area contributed by atoms with Gasteiger partial charge in [-0.25, -0.2) is 19.9 Å². The standard InChI is InChI=1S/C25H21ClN6O/c1-14(16-4-3-5-17(8-16)19-11-28-25(27)29-12-19)30-24-10-22(31-15(2)32-24)18-6-7-23-20(9-18)21(26)13-33-23/h3-14H,1-2H3,(H2,27,28,29)(H,30,31,32). The number of hydrogen-bond acceptors (Lipinski definition) is 7. The Hall–Kier alpha value is -3.97. The summed E-state index contributed by atoms with van der Waals surface area (Å²) in [6, 6.07) is 16.0. The maximum atomic E-state index is 6.24. The van der Waals surface area contributed by atoms with Crippen LogP contribution >= 0.6 is 11.6 Å². The Morgan fingerprint density at radius 2 is 1.79 bits per heavy atom. The van der Waals surface area contributed by atoms with E-state index in [9.17, 15) is 0 Å². The normalized spacial score (nSPS) is 12.1. The lowest BCUT2D eigenvalue weighted by Gasteiger charge is -2.17. The molecule has 164 valence electrons. The molecular weight excluding hydrogens is 436 g/mol. The van der Waals surface area contributed by atoms with Crippen molar-refractivity contribution >= 4 is 34.3 Å². The van der Waals surface area contributed by atoms with Crippen LogP contribution in [-0.4, -0.2) is 19.9 Å². The van der Waals surface area contributed by atoms with Gasteiger partial charge in [0.15, 0.2) is 0 Å². The maximum Gasteiger partial charge on any atom is 0.219 e. The molecule has 7 nitrogen and oxygen atoms in total. The lowest BCUT2D eigenvalue weighted by atomic mass is 10.0. The highest BCUT2D eigenvalue weighted by Crippen LogP contribution is 2.31. The van der Waals surface area contributed by atoms with Crippen molar-refractivity contribution in [3.8, 4) is 22.4 Å². The molecule has 0 radical (unpaired) electrons. The summed E-state index contributed by atoms with van der Waals surface area (Å²) in [5, 5.41) is 4.93. The van der Waals surface area contributed by atoms with Crippen LogP contribution in [0.3, 0.4) is 0 Å². The lowest BCUT2D eigenvalue weighted by molar-refractivity contribution is 0.616. The van der Waals surface area contributed by atoms with E-state index in [1.165, 1.54) is 0 Å². The molecule has 1 unspecified atom stereocenters. The van der Waals surface area contributed by atoms with E-state index in [2.05, 4.69) is 44.3 Å². The van der Waals surface area contributed by atoms with Gasteiger partial charge in [0, 0.05) is 41.0 Å². The topological polar surface area (TPSA) is 103 Å². The van der Waals surface area contributed by atoms with Gasteiger partial charge in [-0.3, -0.25) is 0 Å². The number of aromatic nitrogens is 4. The van der Waals surface area contributed by atoms with Crippen molar-refractivity contribution in [2.24, 2.45) is 0 Å². The quantitative estimate of drug-likeness (QED) is 0.331. The van der Waals surface area contributed by atoms with Crippen LogP contribution in [0.2, 0.25) is 5.02 Å². The molecule has 0 fully saturated rings. The molecule has 0 aliphatic rings. The third kappa shape index (κ3) is 4.36. The SMILES string of the molecule is Cc1nc(NC(C)c2cccc(-c3cnc(N)nc3)c2)cc(-c2ccc3occ(Cl)c3c2)n1. The fourth-order valence-electron chi connectivity index (χ4n) is 3.73. The summed E-state index contributed by atoms with van der Waals surface area (Å²) in [7, 11) is 0. The highest BCUT2D eigenvalue weighted by atomic mass is 35.5. The highest BCUT2D eigenvalue weighted by molar-refractivity contribution is 6.35. The first kappa shape index (κ1) is 20.9. The van der Waals surface area contributed by atoms with Crippen LogP contribution in [0.1, 0.15) is 24.4 Å². The molecule has 8 heteroatoms. The minimum Gasteiger partial charge on any atom is -0.463 e. The van der Waals surface area contributed by atoms with Gasteiger partial charge in [0.05, 0.1) is 10.7 Å². The van der Waals surface area contributed by atoms with Crippen molar-refractivity contribution < 1.29 is 4.42 Å². The number of anilines is 2. The molecule has 0 aliphatic heterocycles. The Morgan fingerprint density at radius 1 is 0.970 bits per heavy atom. The van der Waals surface area contributed by atoms with Crippen molar-refractivity contribution in [3.63, 3.8) is 0 Å². The summed E-state index contributed by atoms with van der Waals surface area (Å²) in [5.41, 5.74) is 11.1.